The van der Waals surface area contributed by atoms with Gasteiger partial charge in [0.2, 0.25) is 0 Å². The first-order valence-electron chi connectivity index (χ1n) is 5.33. The lowest BCUT2D eigenvalue weighted by Crippen LogP contribution is -2.03. The van der Waals surface area contributed by atoms with Gasteiger partial charge in [0.15, 0.2) is 11.6 Å². The topological polar surface area (TPSA) is 49.3 Å². The Morgan fingerprint density at radius 3 is 2.40 bits per heavy atom. The quantitative estimate of drug-likeness (QED) is 0.823. The normalized spacial score (nSPS) is 10.4. The molecule has 0 aliphatic carbocycles. The third-order valence-electron chi connectivity index (χ3n) is 2.50. The van der Waals surface area contributed by atoms with Crippen LogP contribution in [0.2, 0.25) is 5.02 Å². The number of carboxylic acid groups (broad SMARTS) is 1. The molecule has 0 fully saturated rings. The Bertz CT molecular complexity index is 671. The van der Waals surface area contributed by atoms with Gasteiger partial charge in [-0.2, -0.15) is 0 Å². The molecule has 0 heterocycles. The highest BCUT2D eigenvalue weighted by Gasteiger charge is 2.16. The molecule has 0 aromatic heterocycles. The molecule has 0 radical (unpaired) electrons. The Morgan fingerprint density at radius 2 is 1.85 bits per heavy atom. The molecule has 2 N–H and O–H groups in total. The van der Waals surface area contributed by atoms with Crippen LogP contribution in [-0.4, -0.2) is 11.1 Å². The highest BCUT2D eigenvalue weighted by Crippen LogP contribution is 2.33. The largest absolute Gasteiger partial charge is 0.478 e. The van der Waals surface area contributed by atoms with Crippen molar-refractivity contribution in [3.8, 4) is 0 Å². The minimum absolute atomic E-state index is 0.360. The van der Waals surface area contributed by atoms with E-state index in [9.17, 15) is 13.6 Å². The lowest BCUT2D eigenvalue weighted by Gasteiger charge is -2.12. The standard InChI is InChI=1S/C13H7BrClF2NO2/c14-11-7(15)2-1-3-10(11)18-12-8(16)4-6(13(19)20)5-9(12)17/h1-5,18H,(H,19,20). The molecule has 3 nitrogen and oxygen atoms in total. The summed E-state index contributed by atoms with van der Waals surface area (Å²) in [5, 5.41) is 11.6. The van der Waals surface area contributed by atoms with Gasteiger partial charge in [0.25, 0.3) is 0 Å². The van der Waals surface area contributed by atoms with Crippen molar-refractivity contribution in [2.24, 2.45) is 0 Å². The molecule has 104 valence electrons. The molecule has 0 saturated heterocycles. The Labute approximate surface area is 126 Å². The Balaban J connectivity index is 2.44. The van der Waals surface area contributed by atoms with Crippen LogP contribution in [0, 0.1) is 11.6 Å². The first kappa shape index (κ1) is 14.7. The fourth-order valence-corrected chi connectivity index (χ4v) is 2.09. The van der Waals surface area contributed by atoms with Gasteiger partial charge in [-0.05, 0) is 40.2 Å². The first-order chi connectivity index (χ1) is 9.40. The molecule has 7 heteroatoms. The van der Waals surface area contributed by atoms with Crippen LogP contribution in [0.5, 0.6) is 0 Å². The van der Waals surface area contributed by atoms with Crippen molar-refractivity contribution in [3.63, 3.8) is 0 Å². The number of nitrogens with one attached hydrogen (secondary N) is 1. The zero-order valence-corrected chi connectivity index (χ0v) is 12.1. The third kappa shape index (κ3) is 2.91. The number of hydrogen-bond acceptors (Lipinski definition) is 2. The molecule has 0 amide bonds. The fourth-order valence-electron chi connectivity index (χ4n) is 1.55. The zero-order valence-electron chi connectivity index (χ0n) is 9.75. The minimum atomic E-state index is -1.40. The van der Waals surface area contributed by atoms with E-state index in [1.54, 1.807) is 18.2 Å². The van der Waals surface area contributed by atoms with Crippen molar-refractivity contribution >= 4 is 44.9 Å². The highest BCUT2D eigenvalue weighted by molar-refractivity contribution is 9.10. The predicted molar refractivity (Wildman–Crippen MR) is 75.8 cm³/mol. The lowest BCUT2D eigenvalue weighted by atomic mass is 10.2. The van der Waals surface area contributed by atoms with Crippen molar-refractivity contribution in [1.29, 1.82) is 0 Å². The van der Waals surface area contributed by atoms with Gasteiger partial charge in [-0.1, -0.05) is 17.7 Å². The SMILES string of the molecule is O=C(O)c1cc(F)c(Nc2cccc(Cl)c2Br)c(F)c1. The molecule has 2 aromatic carbocycles. The second-order valence-corrected chi connectivity index (χ2v) is 5.05. The van der Waals surface area contributed by atoms with Crippen LogP contribution in [0.3, 0.4) is 0 Å². The lowest BCUT2D eigenvalue weighted by molar-refractivity contribution is 0.0696. The average molecular weight is 363 g/mol. The summed E-state index contributed by atoms with van der Waals surface area (Å²) in [6, 6.07) is 6.27. The van der Waals surface area contributed by atoms with Crippen LogP contribution in [0.15, 0.2) is 34.8 Å². The number of benzene rings is 2. The van der Waals surface area contributed by atoms with Crippen LogP contribution in [0.4, 0.5) is 20.2 Å². The molecular weight excluding hydrogens is 356 g/mol. The van der Waals surface area contributed by atoms with Gasteiger partial charge in [0.1, 0.15) is 5.69 Å². The number of rotatable bonds is 3. The smallest absolute Gasteiger partial charge is 0.335 e. The Hall–Kier alpha value is -1.66. The summed E-state index contributed by atoms with van der Waals surface area (Å²) in [6.07, 6.45) is 0. The third-order valence-corrected chi connectivity index (χ3v) is 3.90. The summed E-state index contributed by atoms with van der Waals surface area (Å²) in [6.45, 7) is 0. The summed E-state index contributed by atoms with van der Waals surface area (Å²) >= 11 is 9.07. The van der Waals surface area contributed by atoms with E-state index < -0.39 is 28.9 Å². The summed E-state index contributed by atoms with van der Waals surface area (Å²) in [4.78, 5) is 10.7. The number of carbonyl (C=O) groups is 1. The van der Waals surface area contributed by atoms with Crippen molar-refractivity contribution in [2.75, 3.05) is 5.32 Å². The van der Waals surface area contributed by atoms with E-state index in [1.807, 2.05) is 0 Å². The minimum Gasteiger partial charge on any atom is -0.478 e. The molecule has 0 spiro atoms. The Kier molecular flexibility index (Phi) is 4.25. The molecular formula is C13H7BrClF2NO2. The van der Waals surface area contributed by atoms with Crippen LogP contribution < -0.4 is 5.32 Å². The summed E-state index contributed by atoms with van der Waals surface area (Å²) in [7, 11) is 0. The van der Waals surface area contributed by atoms with Gasteiger partial charge in [-0.25, -0.2) is 13.6 Å². The number of carboxylic acids is 1. The van der Waals surface area contributed by atoms with Crippen molar-refractivity contribution in [3.05, 3.63) is 57.0 Å². The van der Waals surface area contributed by atoms with Crippen LogP contribution in [-0.2, 0) is 0 Å². The van der Waals surface area contributed by atoms with E-state index >= 15 is 0 Å². The number of halogens is 4. The number of aromatic carboxylic acids is 1. The molecule has 0 bridgehead atoms. The van der Waals surface area contributed by atoms with Gasteiger partial charge >= 0.3 is 5.97 Å². The maximum Gasteiger partial charge on any atom is 0.335 e. The summed E-state index contributed by atoms with van der Waals surface area (Å²) < 4.78 is 28.0. The van der Waals surface area contributed by atoms with E-state index in [4.69, 9.17) is 16.7 Å². The Morgan fingerprint density at radius 1 is 1.25 bits per heavy atom. The van der Waals surface area contributed by atoms with Crippen LogP contribution >= 0.6 is 27.5 Å². The maximum absolute atomic E-state index is 13.8. The molecule has 0 unspecified atom stereocenters. The van der Waals surface area contributed by atoms with Crippen LogP contribution in [0.1, 0.15) is 10.4 Å². The van der Waals surface area contributed by atoms with Crippen LogP contribution in [0.25, 0.3) is 0 Å². The molecule has 20 heavy (non-hydrogen) atoms. The van der Waals surface area contributed by atoms with E-state index in [2.05, 4.69) is 21.2 Å². The predicted octanol–water partition coefficient (Wildman–Crippen LogP) is 4.82. The molecule has 2 aromatic rings. The van der Waals surface area contributed by atoms with Crippen molar-refractivity contribution in [2.45, 2.75) is 0 Å². The maximum atomic E-state index is 13.8. The molecule has 2 rings (SSSR count). The van der Waals surface area contributed by atoms with Gasteiger partial charge in [0.05, 0.1) is 20.7 Å². The van der Waals surface area contributed by atoms with Gasteiger partial charge in [-0.15, -0.1) is 0 Å². The van der Waals surface area contributed by atoms with Crippen molar-refractivity contribution in [1.82, 2.24) is 0 Å². The van der Waals surface area contributed by atoms with Crippen molar-refractivity contribution < 1.29 is 18.7 Å². The van der Waals surface area contributed by atoms with E-state index in [0.29, 0.717) is 15.2 Å². The second-order valence-electron chi connectivity index (χ2n) is 3.85. The molecule has 0 atom stereocenters. The number of hydrogen-bond donors (Lipinski definition) is 2. The van der Waals surface area contributed by atoms with Gasteiger partial charge in [0, 0.05) is 0 Å². The van der Waals surface area contributed by atoms with E-state index in [1.165, 1.54) is 0 Å². The second kappa shape index (κ2) is 5.76. The van der Waals surface area contributed by atoms with Gasteiger partial charge < -0.3 is 10.4 Å². The first-order valence-corrected chi connectivity index (χ1v) is 6.50. The van der Waals surface area contributed by atoms with E-state index in [-0.39, 0.29) is 0 Å². The fraction of sp³-hybridized carbons (Fsp3) is 0. The molecule has 0 aliphatic rings. The number of anilines is 2. The molecule has 0 aliphatic heterocycles. The summed E-state index contributed by atoms with van der Waals surface area (Å²) in [5.41, 5.74) is -0.549. The zero-order chi connectivity index (χ0) is 14.9. The average Bonchev–Trinajstić information content (AvgIpc) is 2.38. The monoisotopic (exact) mass is 361 g/mol. The molecule has 0 saturated carbocycles. The summed E-state index contributed by atoms with van der Waals surface area (Å²) in [5.74, 6) is -3.41. The van der Waals surface area contributed by atoms with E-state index in [0.717, 1.165) is 12.1 Å². The highest BCUT2D eigenvalue weighted by atomic mass is 79.9. The van der Waals surface area contributed by atoms with Gasteiger partial charge in [-0.3, -0.25) is 0 Å².